The minimum atomic E-state index is 0.498. The van der Waals surface area contributed by atoms with Crippen LogP contribution >= 0.6 is 22.6 Å². The van der Waals surface area contributed by atoms with E-state index in [1.54, 1.807) is 0 Å². The molecule has 4 nitrogen and oxygen atoms in total. The van der Waals surface area contributed by atoms with Gasteiger partial charge >= 0.3 is 0 Å². The fourth-order valence-corrected chi connectivity index (χ4v) is 3.15. The zero-order chi connectivity index (χ0) is 15.6. The van der Waals surface area contributed by atoms with Crippen molar-refractivity contribution in [2.75, 3.05) is 52.4 Å². The summed E-state index contributed by atoms with van der Waals surface area (Å²) in [5.41, 5.74) is 1.41. The molecule has 124 valence electrons. The number of nitrogens with zero attached hydrogens (tertiary/aromatic N) is 1. The molecule has 0 radical (unpaired) electrons. The molecule has 0 aliphatic carbocycles. The smallest absolute Gasteiger partial charge is 0.0233 e. The van der Waals surface area contributed by atoms with Gasteiger partial charge in [0.25, 0.3) is 0 Å². The lowest BCUT2D eigenvalue weighted by Gasteiger charge is -2.25. The topological polar surface area (TPSA) is 39.3 Å². The maximum absolute atomic E-state index is 3.74. The Labute approximate surface area is 148 Å². The van der Waals surface area contributed by atoms with Crippen LogP contribution in [-0.4, -0.2) is 63.3 Å². The van der Waals surface area contributed by atoms with E-state index < -0.39 is 0 Å². The van der Waals surface area contributed by atoms with E-state index >= 15 is 0 Å². The van der Waals surface area contributed by atoms with E-state index in [1.165, 1.54) is 9.13 Å². The number of likely N-dealkylation sites (N-methyl/N-ethyl adjacent to an activating group) is 1. The van der Waals surface area contributed by atoms with Crippen LogP contribution in [-0.2, 0) is 6.42 Å². The van der Waals surface area contributed by atoms with Crippen molar-refractivity contribution in [1.82, 2.24) is 20.9 Å². The van der Waals surface area contributed by atoms with Crippen molar-refractivity contribution in [3.05, 3.63) is 33.4 Å². The van der Waals surface area contributed by atoms with Crippen molar-refractivity contribution < 1.29 is 0 Å². The van der Waals surface area contributed by atoms with E-state index in [0.717, 1.165) is 58.8 Å². The SMILES string of the molecule is CCN1CCNCCNCC(Cc2ccc(I)cc2)NCC1. The van der Waals surface area contributed by atoms with Gasteiger partial charge in [-0.2, -0.15) is 0 Å². The van der Waals surface area contributed by atoms with E-state index in [-0.39, 0.29) is 0 Å². The first kappa shape index (κ1) is 18.1. The van der Waals surface area contributed by atoms with E-state index in [0.29, 0.717) is 6.04 Å². The molecule has 5 heteroatoms. The molecule has 1 heterocycles. The Morgan fingerprint density at radius 2 is 1.77 bits per heavy atom. The predicted molar refractivity (Wildman–Crippen MR) is 103 cm³/mol. The third-order valence-corrected chi connectivity index (χ3v) is 4.90. The summed E-state index contributed by atoms with van der Waals surface area (Å²) >= 11 is 2.36. The summed E-state index contributed by atoms with van der Waals surface area (Å²) in [6, 6.07) is 9.39. The van der Waals surface area contributed by atoms with Crippen molar-refractivity contribution >= 4 is 22.6 Å². The zero-order valence-corrected chi connectivity index (χ0v) is 15.7. The van der Waals surface area contributed by atoms with Gasteiger partial charge in [-0.05, 0) is 53.3 Å². The average Bonchev–Trinajstić information content (AvgIpc) is 2.52. The molecule has 1 aromatic carbocycles. The van der Waals surface area contributed by atoms with Crippen LogP contribution in [0.25, 0.3) is 0 Å². The molecule has 1 aliphatic heterocycles. The number of halogens is 1. The van der Waals surface area contributed by atoms with Crippen molar-refractivity contribution in [2.24, 2.45) is 0 Å². The molecule has 1 atom stereocenters. The van der Waals surface area contributed by atoms with E-state index in [2.05, 4.69) is 74.6 Å². The first-order valence-corrected chi connectivity index (χ1v) is 9.47. The third kappa shape index (κ3) is 6.91. The number of nitrogens with one attached hydrogen (secondary N) is 3. The summed E-state index contributed by atoms with van der Waals surface area (Å²) < 4.78 is 1.30. The highest BCUT2D eigenvalue weighted by molar-refractivity contribution is 14.1. The lowest BCUT2D eigenvalue weighted by Crippen LogP contribution is -2.47. The molecule has 22 heavy (non-hydrogen) atoms. The number of benzene rings is 1. The fraction of sp³-hybridized carbons (Fsp3) is 0.647. The predicted octanol–water partition coefficient (Wildman–Crippen LogP) is 1.31. The van der Waals surface area contributed by atoms with E-state index in [4.69, 9.17) is 0 Å². The van der Waals surface area contributed by atoms with Gasteiger partial charge in [0.2, 0.25) is 0 Å². The molecule has 0 bridgehead atoms. The third-order valence-electron chi connectivity index (χ3n) is 4.18. The molecule has 0 saturated carbocycles. The standard InChI is InChI=1S/C17H29IN4/c1-2-22-11-9-19-7-8-20-14-17(21-10-12-22)13-15-3-5-16(18)6-4-15/h3-6,17,19-21H,2,7-14H2,1H3. The minimum Gasteiger partial charge on any atom is -0.314 e. The summed E-state index contributed by atoms with van der Waals surface area (Å²) in [4.78, 5) is 2.51. The van der Waals surface area contributed by atoms with Crippen LogP contribution in [0.1, 0.15) is 12.5 Å². The zero-order valence-electron chi connectivity index (χ0n) is 13.6. The van der Waals surface area contributed by atoms with Gasteiger partial charge in [-0.3, -0.25) is 0 Å². The molecular weight excluding hydrogens is 387 g/mol. The average molecular weight is 416 g/mol. The van der Waals surface area contributed by atoms with Crippen molar-refractivity contribution in [3.63, 3.8) is 0 Å². The van der Waals surface area contributed by atoms with Gasteiger partial charge in [0.05, 0.1) is 0 Å². The van der Waals surface area contributed by atoms with Crippen LogP contribution in [0, 0.1) is 3.57 Å². The molecule has 0 spiro atoms. The molecule has 2 rings (SSSR count). The van der Waals surface area contributed by atoms with Gasteiger partial charge in [-0.1, -0.05) is 19.1 Å². The number of hydrogen-bond acceptors (Lipinski definition) is 4. The van der Waals surface area contributed by atoms with Crippen LogP contribution < -0.4 is 16.0 Å². The van der Waals surface area contributed by atoms with Crippen molar-refractivity contribution in [1.29, 1.82) is 0 Å². The Morgan fingerprint density at radius 1 is 1.05 bits per heavy atom. The first-order chi connectivity index (χ1) is 10.8. The second-order valence-corrected chi connectivity index (χ2v) is 7.12. The van der Waals surface area contributed by atoms with Gasteiger partial charge in [0.15, 0.2) is 0 Å². The lowest BCUT2D eigenvalue weighted by molar-refractivity contribution is 0.276. The molecule has 1 saturated heterocycles. The molecule has 3 N–H and O–H groups in total. The molecule has 1 unspecified atom stereocenters. The van der Waals surface area contributed by atoms with E-state index in [9.17, 15) is 0 Å². The van der Waals surface area contributed by atoms with Crippen molar-refractivity contribution in [3.8, 4) is 0 Å². The highest BCUT2D eigenvalue weighted by atomic mass is 127. The number of hydrogen-bond donors (Lipinski definition) is 3. The summed E-state index contributed by atoms with van der Waals surface area (Å²) in [6.07, 6.45) is 1.09. The normalized spacial score (nSPS) is 22.7. The molecule has 1 aliphatic rings. The lowest BCUT2D eigenvalue weighted by atomic mass is 10.1. The van der Waals surface area contributed by atoms with Crippen LogP contribution in [0.3, 0.4) is 0 Å². The maximum Gasteiger partial charge on any atom is 0.0233 e. The largest absolute Gasteiger partial charge is 0.314 e. The Morgan fingerprint density at radius 3 is 2.55 bits per heavy atom. The summed E-state index contributed by atoms with van der Waals surface area (Å²) in [5.74, 6) is 0. The second-order valence-electron chi connectivity index (χ2n) is 5.87. The maximum atomic E-state index is 3.74. The highest BCUT2D eigenvalue weighted by Crippen LogP contribution is 2.08. The van der Waals surface area contributed by atoms with E-state index in [1.807, 2.05) is 0 Å². The molecule has 1 fully saturated rings. The molecular formula is C17H29IN4. The highest BCUT2D eigenvalue weighted by Gasteiger charge is 2.11. The van der Waals surface area contributed by atoms with Gasteiger partial charge in [0, 0.05) is 55.4 Å². The van der Waals surface area contributed by atoms with Gasteiger partial charge in [-0.25, -0.2) is 0 Å². The van der Waals surface area contributed by atoms with Gasteiger partial charge in [-0.15, -0.1) is 0 Å². The van der Waals surface area contributed by atoms with Gasteiger partial charge < -0.3 is 20.9 Å². The Hall–Kier alpha value is -0.210. The van der Waals surface area contributed by atoms with Crippen LogP contribution in [0.4, 0.5) is 0 Å². The summed E-state index contributed by atoms with van der Waals surface area (Å²) in [6.45, 7) is 10.9. The Kier molecular flexibility index (Phi) is 8.69. The second kappa shape index (κ2) is 10.5. The van der Waals surface area contributed by atoms with Crippen LogP contribution in [0.2, 0.25) is 0 Å². The first-order valence-electron chi connectivity index (χ1n) is 8.39. The molecule has 0 amide bonds. The quantitative estimate of drug-likeness (QED) is 0.650. The number of rotatable bonds is 3. The van der Waals surface area contributed by atoms with Gasteiger partial charge in [0.1, 0.15) is 0 Å². The Balaban J connectivity index is 1.87. The minimum absolute atomic E-state index is 0.498. The monoisotopic (exact) mass is 416 g/mol. The fourth-order valence-electron chi connectivity index (χ4n) is 2.79. The summed E-state index contributed by atoms with van der Waals surface area (Å²) in [5, 5.41) is 10.8. The molecule has 0 aromatic heterocycles. The molecule has 1 aromatic rings. The van der Waals surface area contributed by atoms with Crippen LogP contribution in [0.15, 0.2) is 24.3 Å². The summed E-state index contributed by atoms with van der Waals surface area (Å²) in [7, 11) is 0. The van der Waals surface area contributed by atoms with Crippen LogP contribution in [0.5, 0.6) is 0 Å². The van der Waals surface area contributed by atoms with Crippen molar-refractivity contribution in [2.45, 2.75) is 19.4 Å². The Bertz CT molecular complexity index is 410.